The van der Waals surface area contributed by atoms with Crippen LogP contribution in [0.5, 0.6) is 5.88 Å². The van der Waals surface area contributed by atoms with Gasteiger partial charge in [0.15, 0.2) is 0 Å². The van der Waals surface area contributed by atoms with E-state index in [1.807, 2.05) is 19.9 Å². The van der Waals surface area contributed by atoms with Crippen molar-refractivity contribution in [2.45, 2.75) is 27.7 Å². The zero-order valence-corrected chi connectivity index (χ0v) is 11.9. The Morgan fingerprint density at radius 3 is 2.56 bits per heavy atom. The van der Waals surface area contributed by atoms with Gasteiger partial charge >= 0.3 is 0 Å². The highest BCUT2D eigenvalue weighted by Gasteiger charge is 2.03. The highest BCUT2D eigenvalue weighted by Crippen LogP contribution is 2.12. The molecule has 102 valence electrons. The zero-order chi connectivity index (χ0) is 13.4. The molecule has 1 aromatic heterocycles. The first-order valence-corrected chi connectivity index (χ1v) is 6.64. The summed E-state index contributed by atoms with van der Waals surface area (Å²) < 4.78 is 5.68. The molecule has 0 saturated heterocycles. The largest absolute Gasteiger partial charge is 0.476 e. The lowest BCUT2D eigenvalue weighted by Crippen LogP contribution is -2.28. The van der Waals surface area contributed by atoms with Crippen molar-refractivity contribution in [3.05, 3.63) is 11.9 Å². The van der Waals surface area contributed by atoms with Gasteiger partial charge < -0.3 is 15.0 Å². The minimum Gasteiger partial charge on any atom is -0.476 e. The summed E-state index contributed by atoms with van der Waals surface area (Å²) in [5.41, 5.74) is 0. The summed E-state index contributed by atoms with van der Waals surface area (Å²) in [6.45, 7) is 12.7. The minimum atomic E-state index is 0.644. The van der Waals surface area contributed by atoms with Gasteiger partial charge in [0.05, 0.1) is 0 Å². The molecule has 1 N–H and O–H groups in total. The standard InChI is InChI=1S/C13H24N4O/c1-5-14-12-10-13(16-11(4)15-12)18-9-8-17(6-2)7-3/h10H,5-9H2,1-4H3,(H,14,15,16). The molecular weight excluding hydrogens is 228 g/mol. The van der Waals surface area contributed by atoms with Gasteiger partial charge in [-0.15, -0.1) is 0 Å². The Morgan fingerprint density at radius 2 is 1.94 bits per heavy atom. The molecule has 0 spiro atoms. The predicted molar refractivity (Wildman–Crippen MR) is 74.2 cm³/mol. The monoisotopic (exact) mass is 252 g/mol. The normalized spacial score (nSPS) is 10.7. The Balaban J connectivity index is 2.51. The molecule has 0 aliphatic rings. The lowest BCUT2D eigenvalue weighted by Gasteiger charge is -2.17. The number of nitrogens with one attached hydrogen (secondary N) is 1. The lowest BCUT2D eigenvalue weighted by molar-refractivity contribution is 0.217. The average Bonchev–Trinajstić information content (AvgIpc) is 2.34. The van der Waals surface area contributed by atoms with Crippen molar-refractivity contribution in [1.29, 1.82) is 0 Å². The fraction of sp³-hybridized carbons (Fsp3) is 0.692. The molecule has 1 aromatic rings. The molecular formula is C13H24N4O. The number of hydrogen-bond acceptors (Lipinski definition) is 5. The topological polar surface area (TPSA) is 50.3 Å². The van der Waals surface area contributed by atoms with Crippen LogP contribution in [-0.4, -0.2) is 47.7 Å². The number of rotatable bonds is 8. The third-order valence-corrected chi connectivity index (χ3v) is 2.72. The zero-order valence-electron chi connectivity index (χ0n) is 11.9. The number of nitrogens with zero attached hydrogens (tertiary/aromatic N) is 3. The fourth-order valence-electron chi connectivity index (χ4n) is 1.71. The van der Waals surface area contributed by atoms with Crippen molar-refractivity contribution >= 4 is 5.82 Å². The van der Waals surface area contributed by atoms with E-state index in [-0.39, 0.29) is 0 Å². The summed E-state index contributed by atoms with van der Waals surface area (Å²) in [5.74, 6) is 2.19. The molecule has 5 nitrogen and oxygen atoms in total. The number of hydrogen-bond donors (Lipinski definition) is 1. The predicted octanol–water partition coefficient (Wildman–Crippen LogP) is 1.94. The van der Waals surface area contributed by atoms with Crippen molar-refractivity contribution in [2.75, 3.05) is 38.1 Å². The van der Waals surface area contributed by atoms with Crippen LogP contribution in [-0.2, 0) is 0 Å². The molecule has 0 aliphatic carbocycles. The minimum absolute atomic E-state index is 0.644. The summed E-state index contributed by atoms with van der Waals surface area (Å²) in [6.07, 6.45) is 0. The molecule has 1 rings (SSSR count). The van der Waals surface area contributed by atoms with E-state index in [4.69, 9.17) is 4.74 Å². The first-order chi connectivity index (χ1) is 8.69. The van der Waals surface area contributed by atoms with E-state index < -0.39 is 0 Å². The van der Waals surface area contributed by atoms with Crippen LogP contribution in [0.2, 0.25) is 0 Å². The number of ether oxygens (including phenoxy) is 1. The molecule has 0 unspecified atom stereocenters. The molecule has 0 radical (unpaired) electrons. The second kappa shape index (κ2) is 7.87. The van der Waals surface area contributed by atoms with Crippen molar-refractivity contribution in [3.63, 3.8) is 0 Å². The van der Waals surface area contributed by atoms with Gasteiger partial charge in [0.2, 0.25) is 5.88 Å². The van der Waals surface area contributed by atoms with Crippen LogP contribution in [0, 0.1) is 6.92 Å². The van der Waals surface area contributed by atoms with E-state index >= 15 is 0 Å². The van der Waals surface area contributed by atoms with Crippen LogP contribution >= 0.6 is 0 Å². The Labute approximate surface area is 110 Å². The molecule has 0 atom stereocenters. The van der Waals surface area contributed by atoms with E-state index in [1.165, 1.54) is 0 Å². The van der Waals surface area contributed by atoms with Gasteiger partial charge in [-0.1, -0.05) is 13.8 Å². The van der Waals surface area contributed by atoms with Crippen LogP contribution in [0.15, 0.2) is 6.07 Å². The van der Waals surface area contributed by atoms with Gasteiger partial charge in [-0.3, -0.25) is 0 Å². The Kier molecular flexibility index (Phi) is 6.43. The van der Waals surface area contributed by atoms with E-state index in [9.17, 15) is 0 Å². The molecule has 0 fully saturated rings. The molecule has 0 aliphatic heterocycles. The number of aryl methyl sites for hydroxylation is 1. The highest BCUT2D eigenvalue weighted by molar-refractivity contribution is 5.38. The van der Waals surface area contributed by atoms with Gasteiger partial charge in [0.25, 0.3) is 0 Å². The lowest BCUT2D eigenvalue weighted by atomic mass is 10.5. The highest BCUT2D eigenvalue weighted by atomic mass is 16.5. The SMILES string of the molecule is CCNc1cc(OCCN(CC)CC)nc(C)n1. The van der Waals surface area contributed by atoms with Crippen molar-refractivity contribution in [3.8, 4) is 5.88 Å². The maximum Gasteiger partial charge on any atom is 0.218 e. The number of anilines is 1. The Hall–Kier alpha value is -1.36. The van der Waals surface area contributed by atoms with Gasteiger partial charge in [0, 0.05) is 19.2 Å². The second-order valence-corrected chi connectivity index (χ2v) is 4.04. The molecule has 5 heteroatoms. The quantitative estimate of drug-likeness (QED) is 0.766. The molecule has 18 heavy (non-hydrogen) atoms. The van der Waals surface area contributed by atoms with Gasteiger partial charge in [-0.05, 0) is 26.9 Å². The smallest absolute Gasteiger partial charge is 0.218 e. The first kappa shape index (κ1) is 14.7. The third kappa shape index (κ3) is 4.87. The fourth-order valence-corrected chi connectivity index (χ4v) is 1.71. The van der Waals surface area contributed by atoms with Crippen molar-refractivity contribution in [2.24, 2.45) is 0 Å². The Morgan fingerprint density at radius 1 is 1.22 bits per heavy atom. The van der Waals surface area contributed by atoms with Crippen LogP contribution in [0.3, 0.4) is 0 Å². The van der Waals surface area contributed by atoms with Crippen molar-refractivity contribution in [1.82, 2.24) is 14.9 Å². The number of likely N-dealkylation sites (N-methyl/N-ethyl adjacent to an activating group) is 1. The molecule has 0 saturated carbocycles. The van der Waals surface area contributed by atoms with E-state index in [0.29, 0.717) is 12.5 Å². The summed E-state index contributed by atoms with van der Waals surface area (Å²) in [7, 11) is 0. The molecule has 1 heterocycles. The number of aromatic nitrogens is 2. The molecule has 0 amide bonds. The van der Waals surface area contributed by atoms with Gasteiger partial charge in [-0.25, -0.2) is 4.98 Å². The van der Waals surface area contributed by atoms with E-state index in [2.05, 4.69) is 34.0 Å². The second-order valence-electron chi connectivity index (χ2n) is 4.04. The van der Waals surface area contributed by atoms with E-state index in [1.54, 1.807) is 0 Å². The summed E-state index contributed by atoms with van der Waals surface area (Å²) in [4.78, 5) is 10.9. The van der Waals surface area contributed by atoms with Crippen molar-refractivity contribution < 1.29 is 4.74 Å². The van der Waals surface area contributed by atoms with Crippen LogP contribution in [0.4, 0.5) is 5.82 Å². The maximum absolute atomic E-state index is 5.68. The maximum atomic E-state index is 5.68. The summed E-state index contributed by atoms with van der Waals surface area (Å²) in [5, 5.41) is 3.17. The van der Waals surface area contributed by atoms with Gasteiger partial charge in [0.1, 0.15) is 18.2 Å². The van der Waals surface area contributed by atoms with Gasteiger partial charge in [-0.2, -0.15) is 4.98 Å². The third-order valence-electron chi connectivity index (χ3n) is 2.72. The summed E-state index contributed by atoms with van der Waals surface area (Å²) >= 11 is 0. The first-order valence-electron chi connectivity index (χ1n) is 6.64. The van der Waals surface area contributed by atoms with Crippen LogP contribution in [0.25, 0.3) is 0 Å². The average molecular weight is 252 g/mol. The van der Waals surface area contributed by atoms with E-state index in [0.717, 1.165) is 37.8 Å². The van der Waals surface area contributed by atoms with Crippen LogP contribution in [0.1, 0.15) is 26.6 Å². The van der Waals surface area contributed by atoms with Crippen LogP contribution < -0.4 is 10.1 Å². The molecule has 0 bridgehead atoms. The summed E-state index contributed by atoms with van der Waals surface area (Å²) in [6, 6.07) is 1.85. The molecule has 0 aromatic carbocycles. The Bertz CT molecular complexity index is 353.